The molecule has 4 heterocycles. The minimum atomic E-state index is -0.417. The third-order valence-corrected chi connectivity index (χ3v) is 17.3. The third kappa shape index (κ3) is 23.5. The van der Waals surface area contributed by atoms with E-state index in [4.69, 9.17) is 14.2 Å². The van der Waals surface area contributed by atoms with E-state index in [2.05, 4.69) is 5.32 Å². The molecule has 1 unspecified atom stereocenters. The molecule has 0 aromatic heterocycles. The van der Waals surface area contributed by atoms with Crippen molar-refractivity contribution in [1.29, 1.82) is 0 Å². The molecule has 0 aromatic rings. The Bertz CT molecular complexity index is 2320. The molecule has 0 saturated heterocycles. The van der Waals surface area contributed by atoms with Gasteiger partial charge in [0.1, 0.15) is 0 Å². The first-order valence-corrected chi connectivity index (χ1v) is 31.5. The van der Waals surface area contributed by atoms with E-state index in [0.29, 0.717) is 90.6 Å². The van der Waals surface area contributed by atoms with Gasteiger partial charge in [-0.15, -0.1) is 0 Å². The molecular weight excluding hydrogens is 1110 g/mol. The van der Waals surface area contributed by atoms with Gasteiger partial charge >= 0.3 is 17.9 Å². The number of esters is 3. The predicted molar refractivity (Wildman–Crippen MR) is 333 cm³/mol. The van der Waals surface area contributed by atoms with Crippen LogP contribution in [0.15, 0.2) is 44.6 Å². The average molecular weight is 1220 g/mol. The first kappa shape index (κ1) is 78.4. The monoisotopic (exact) mass is 1220 g/mol. The van der Waals surface area contributed by atoms with Crippen molar-refractivity contribution in [1.82, 2.24) is 24.9 Å². The van der Waals surface area contributed by atoms with E-state index in [9.17, 15) is 57.5 Å². The summed E-state index contributed by atoms with van der Waals surface area (Å²) in [6.07, 6.45) is 13.3. The fourth-order valence-corrected chi connectivity index (χ4v) is 8.42. The van der Waals surface area contributed by atoms with E-state index in [1.54, 1.807) is 55.4 Å². The van der Waals surface area contributed by atoms with Gasteiger partial charge in [-0.3, -0.25) is 77.1 Å². The Kier molecular flexibility index (Phi) is 33.6. The van der Waals surface area contributed by atoms with Crippen LogP contribution < -0.4 is 5.32 Å². The largest absolute Gasteiger partial charge is 0.465 e. The summed E-state index contributed by atoms with van der Waals surface area (Å²) in [6, 6.07) is 0. The van der Waals surface area contributed by atoms with Crippen molar-refractivity contribution in [2.24, 2.45) is 22.2 Å². The van der Waals surface area contributed by atoms with E-state index in [1.807, 2.05) is 76.2 Å². The van der Waals surface area contributed by atoms with Crippen molar-refractivity contribution >= 4 is 71.1 Å². The van der Waals surface area contributed by atoms with E-state index >= 15 is 0 Å². The summed E-state index contributed by atoms with van der Waals surface area (Å²) < 4.78 is 15.8. The maximum Gasteiger partial charge on any atom is 0.311 e. The molecule has 0 spiro atoms. The third-order valence-electron chi connectivity index (χ3n) is 17.3. The fraction of sp³-hybridized carbons (Fsp3) is 0.701. The molecule has 1 N–H and O–H groups in total. The highest BCUT2D eigenvalue weighted by Crippen LogP contribution is 2.26. The zero-order valence-corrected chi connectivity index (χ0v) is 56.5. The minimum absolute atomic E-state index is 0.0435. The summed E-state index contributed by atoms with van der Waals surface area (Å²) in [5.41, 5.74) is 3.07. The SMILES string of the molecule is CCC(C)(C)C(=O)OCCCCCCN1C(=O)C(C)=C(C)C1=O.CCC(C)(C)C(=O)OCCCCCCN1C(=O)C(C)=C(C)C1=O.CCC(C)(C)C(=O)OCCCCCCN1C(=O)C(C)=C(C)C1=O.CCC(C)C(=O)NCCN1C(=O)C(C)=C(C)C1=O. The number of rotatable bonds is 32. The summed E-state index contributed by atoms with van der Waals surface area (Å²) in [5.74, 6) is -2.02. The molecule has 0 aromatic carbocycles. The maximum absolute atomic E-state index is 11.9. The predicted octanol–water partition coefficient (Wildman–Crippen LogP) is 10.5. The van der Waals surface area contributed by atoms with Crippen molar-refractivity contribution in [2.75, 3.05) is 52.5 Å². The Morgan fingerprint density at radius 3 is 0.770 bits per heavy atom. The van der Waals surface area contributed by atoms with Gasteiger partial charge in [-0.1, -0.05) is 53.9 Å². The van der Waals surface area contributed by atoms with E-state index in [1.165, 1.54) is 19.6 Å². The molecule has 4 aliphatic heterocycles. The second kappa shape index (κ2) is 37.3. The first-order chi connectivity index (χ1) is 40.6. The molecule has 4 rings (SSSR count). The van der Waals surface area contributed by atoms with Gasteiger partial charge in [-0.25, -0.2) is 0 Å². The van der Waals surface area contributed by atoms with Crippen LogP contribution in [0, 0.1) is 22.2 Å². The van der Waals surface area contributed by atoms with Crippen LogP contribution >= 0.6 is 0 Å². The number of unbranched alkanes of at least 4 members (excludes halogenated alkanes) is 9. The first-order valence-electron chi connectivity index (χ1n) is 31.5. The normalized spacial score (nSPS) is 16.0. The van der Waals surface area contributed by atoms with E-state index in [-0.39, 0.29) is 83.5 Å². The van der Waals surface area contributed by atoms with Gasteiger partial charge in [0, 0.05) is 83.2 Å². The van der Waals surface area contributed by atoms with Crippen LogP contribution in [0.2, 0.25) is 0 Å². The van der Waals surface area contributed by atoms with E-state index < -0.39 is 16.2 Å². The minimum Gasteiger partial charge on any atom is -0.465 e. The summed E-state index contributed by atoms with van der Waals surface area (Å²) in [6.45, 7) is 37.7. The van der Waals surface area contributed by atoms with Gasteiger partial charge in [0.25, 0.3) is 47.3 Å². The molecule has 4 aliphatic rings. The Morgan fingerprint density at radius 1 is 0.356 bits per heavy atom. The van der Waals surface area contributed by atoms with Crippen molar-refractivity contribution in [3.8, 4) is 0 Å². The van der Waals surface area contributed by atoms with Crippen LogP contribution in [0.5, 0.6) is 0 Å². The molecule has 87 heavy (non-hydrogen) atoms. The van der Waals surface area contributed by atoms with Crippen LogP contribution in [0.4, 0.5) is 0 Å². The summed E-state index contributed by atoms with van der Waals surface area (Å²) in [7, 11) is 0. The molecule has 20 heteroatoms. The van der Waals surface area contributed by atoms with Crippen molar-refractivity contribution < 1.29 is 71.7 Å². The van der Waals surface area contributed by atoms with Crippen molar-refractivity contribution in [2.45, 2.75) is 234 Å². The van der Waals surface area contributed by atoms with E-state index in [0.717, 1.165) is 103 Å². The standard InChI is InChI=1S/3C18H29NO4.C13H20N2O3/c3*1-6-18(4,5)17(22)23-12-10-8-7-9-11-19-15(20)13(2)14(3)16(19)21;1-5-8(2)11(16)14-6-7-15-12(17)9(3)10(4)13(15)18/h3*6-12H2,1-5H3;8H,5-7H2,1-4H3,(H,14,16). The van der Waals surface area contributed by atoms with Crippen LogP contribution in [0.3, 0.4) is 0 Å². The zero-order chi connectivity index (χ0) is 66.7. The van der Waals surface area contributed by atoms with Crippen molar-refractivity contribution in [3.63, 3.8) is 0 Å². The van der Waals surface area contributed by atoms with Gasteiger partial charge in [-0.2, -0.15) is 0 Å². The lowest BCUT2D eigenvalue weighted by atomic mass is 9.91. The number of nitrogens with zero attached hydrogens (tertiary/aromatic N) is 4. The Balaban J connectivity index is 0.000000582. The highest BCUT2D eigenvalue weighted by Gasteiger charge is 2.36. The number of imide groups is 4. The molecule has 0 aliphatic carbocycles. The number of hydrogen-bond acceptors (Lipinski definition) is 15. The van der Waals surface area contributed by atoms with Crippen LogP contribution in [-0.4, -0.2) is 143 Å². The molecule has 0 saturated carbocycles. The smallest absolute Gasteiger partial charge is 0.311 e. The molecule has 0 radical (unpaired) electrons. The van der Waals surface area contributed by atoms with Crippen molar-refractivity contribution in [3.05, 3.63) is 44.6 Å². The lowest BCUT2D eigenvalue weighted by Gasteiger charge is -2.20. The summed E-state index contributed by atoms with van der Waals surface area (Å²) in [4.78, 5) is 147. The number of nitrogens with one attached hydrogen (secondary N) is 1. The zero-order valence-electron chi connectivity index (χ0n) is 56.5. The van der Waals surface area contributed by atoms with Gasteiger partial charge in [-0.05, 0) is 180 Å². The Morgan fingerprint density at radius 2 is 0.563 bits per heavy atom. The summed E-state index contributed by atoms with van der Waals surface area (Å²) in [5, 5.41) is 2.73. The number of amides is 9. The maximum atomic E-state index is 11.9. The van der Waals surface area contributed by atoms with Gasteiger partial charge < -0.3 is 19.5 Å². The topological polar surface area (TPSA) is 258 Å². The summed E-state index contributed by atoms with van der Waals surface area (Å²) >= 11 is 0. The molecular formula is C67H107N5O15. The Labute approximate surface area is 519 Å². The fourth-order valence-electron chi connectivity index (χ4n) is 8.42. The lowest BCUT2D eigenvalue weighted by Crippen LogP contribution is -2.40. The van der Waals surface area contributed by atoms with Gasteiger partial charge in [0.2, 0.25) is 5.91 Å². The number of carbonyl (C=O) groups excluding carboxylic acids is 12. The highest BCUT2D eigenvalue weighted by atomic mass is 16.5. The average Bonchev–Trinajstić information content (AvgIpc) is 2.70. The quantitative estimate of drug-likeness (QED) is 0.0284. The van der Waals surface area contributed by atoms with Gasteiger partial charge in [0.05, 0.1) is 36.1 Å². The number of ether oxygens (including phenoxy) is 3. The number of carbonyl (C=O) groups is 12. The highest BCUT2D eigenvalue weighted by molar-refractivity contribution is 6.20. The van der Waals surface area contributed by atoms with Gasteiger partial charge in [0.15, 0.2) is 0 Å². The Hall–Kier alpha value is -6.60. The van der Waals surface area contributed by atoms with Crippen LogP contribution in [0.25, 0.3) is 0 Å². The lowest BCUT2D eigenvalue weighted by molar-refractivity contribution is -0.155. The molecule has 1 atom stereocenters. The number of hydrogen-bond donors (Lipinski definition) is 1. The molecule has 490 valence electrons. The molecule has 20 nitrogen and oxygen atoms in total. The van der Waals surface area contributed by atoms with Crippen LogP contribution in [0.1, 0.15) is 234 Å². The molecule has 0 fully saturated rings. The molecule has 9 amide bonds. The molecule has 0 bridgehead atoms. The second-order valence-electron chi connectivity index (χ2n) is 25.0. The van der Waals surface area contributed by atoms with Crippen LogP contribution in [-0.2, 0) is 71.7 Å². The second-order valence-corrected chi connectivity index (χ2v) is 25.0.